The van der Waals surface area contributed by atoms with Crippen molar-refractivity contribution in [1.29, 1.82) is 0 Å². The van der Waals surface area contributed by atoms with E-state index < -0.39 is 5.60 Å². The molecule has 1 aliphatic rings. The fraction of sp³-hybridized carbons (Fsp3) is 0.143. The van der Waals surface area contributed by atoms with E-state index in [1.54, 1.807) is 12.1 Å². The minimum atomic E-state index is -0.424. The van der Waals surface area contributed by atoms with Crippen molar-refractivity contribution in [3.8, 4) is 11.5 Å². The Morgan fingerprint density at radius 1 is 0.870 bits per heavy atom. The lowest BCUT2D eigenvalue weighted by molar-refractivity contribution is 0.157. The minimum Gasteiger partial charge on any atom is -0.508 e. The second-order valence-corrected chi connectivity index (χ2v) is 6.47. The number of hydrogen-bond donors (Lipinski definition) is 1. The van der Waals surface area contributed by atoms with Crippen LogP contribution < -0.4 is 4.74 Å². The van der Waals surface area contributed by atoms with Gasteiger partial charge in [0, 0.05) is 11.6 Å². The van der Waals surface area contributed by atoms with Crippen LogP contribution >= 0.6 is 0 Å². The predicted octanol–water partition coefficient (Wildman–Crippen LogP) is 5.15. The highest BCUT2D eigenvalue weighted by Crippen LogP contribution is 2.42. The lowest BCUT2D eigenvalue weighted by atomic mass is 9.87. The van der Waals surface area contributed by atoms with Crippen molar-refractivity contribution in [1.82, 2.24) is 0 Å². The molecule has 0 fully saturated rings. The highest BCUT2D eigenvalue weighted by molar-refractivity contribution is 5.99. The van der Waals surface area contributed by atoms with Crippen LogP contribution in [0.5, 0.6) is 11.5 Å². The summed E-state index contributed by atoms with van der Waals surface area (Å²) in [6.45, 7) is 4.07. The molecule has 23 heavy (non-hydrogen) atoms. The van der Waals surface area contributed by atoms with Gasteiger partial charge in [0.2, 0.25) is 0 Å². The Bertz CT molecular complexity index is 930. The normalized spacial score (nSPS) is 15.7. The van der Waals surface area contributed by atoms with Gasteiger partial charge in [-0.1, -0.05) is 42.5 Å². The fourth-order valence-electron chi connectivity index (χ4n) is 3.24. The van der Waals surface area contributed by atoms with E-state index >= 15 is 0 Å². The molecule has 0 saturated heterocycles. The van der Waals surface area contributed by atoms with Crippen molar-refractivity contribution >= 4 is 16.3 Å². The fourth-order valence-corrected chi connectivity index (χ4v) is 3.24. The van der Waals surface area contributed by atoms with Crippen LogP contribution in [0.1, 0.15) is 25.0 Å². The molecule has 0 radical (unpaired) electrons. The van der Waals surface area contributed by atoms with E-state index in [9.17, 15) is 5.11 Å². The molecule has 0 unspecified atom stereocenters. The molecule has 2 nitrogen and oxygen atoms in total. The molecule has 0 aromatic heterocycles. The maximum atomic E-state index is 9.79. The summed E-state index contributed by atoms with van der Waals surface area (Å²) >= 11 is 0. The van der Waals surface area contributed by atoms with Crippen LogP contribution in [0.3, 0.4) is 0 Å². The van der Waals surface area contributed by atoms with Gasteiger partial charge in [0.1, 0.15) is 17.1 Å². The second-order valence-electron chi connectivity index (χ2n) is 6.47. The summed E-state index contributed by atoms with van der Waals surface area (Å²) in [7, 11) is 0. The van der Waals surface area contributed by atoms with E-state index in [1.165, 1.54) is 16.3 Å². The smallest absolute Gasteiger partial charge is 0.132 e. The molecule has 0 saturated carbocycles. The Balaban J connectivity index is 2.01. The molecule has 1 N–H and O–H groups in total. The van der Waals surface area contributed by atoms with Gasteiger partial charge < -0.3 is 9.84 Å². The molecule has 1 aliphatic heterocycles. The molecular weight excluding hydrogens is 284 g/mol. The Kier molecular flexibility index (Phi) is 2.95. The molecule has 0 bridgehead atoms. The van der Waals surface area contributed by atoms with Gasteiger partial charge in [0.25, 0.3) is 0 Å². The van der Waals surface area contributed by atoms with Gasteiger partial charge in [-0.15, -0.1) is 0 Å². The molecule has 0 spiro atoms. The van der Waals surface area contributed by atoms with Crippen LogP contribution in [-0.2, 0) is 0 Å². The SMILES string of the molecule is CC1(C)C=C(c2cccc3ccccc23)c2ccc(O)cc2O1. The molecule has 1 heterocycles. The van der Waals surface area contributed by atoms with Crippen LogP contribution in [0.4, 0.5) is 0 Å². The first-order valence-electron chi connectivity index (χ1n) is 7.77. The van der Waals surface area contributed by atoms with Gasteiger partial charge in [-0.25, -0.2) is 0 Å². The number of ether oxygens (including phenoxy) is 1. The number of phenols is 1. The van der Waals surface area contributed by atoms with Gasteiger partial charge in [0.05, 0.1) is 0 Å². The average Bonchev–Trinajstić information content (AvgIpc) is 2.52. The monoisotopic (exact) mass is 302 g/mol. The Morgan fingerprint density at radius 2 is 1.65 bits per heavy atom. The third-order valence-electron chi connectivity index (χ3n) is 4.20. The van der Waals surface area contributed by atoms with Crippen LogP contribution in [0.2, 0.25) is 0 Å². The molecule has 3 aromatic rings. The second kappa shape index (κ2) is 4.88. The van der Waals surface area contributed by atoms with Crippen molar-refractivity contribution in [3.05, 3.63) is 77.9 Å². The molecule has 3 aromatic carbocycles. The van der Waals surface area contributed by atoms with Crippen LogP contribution in [0.15, 0.2) is 66.7 Å². The summed E-state index contributed by atoms with van der Waals surface area (Å²) in [6.07, 6.45) is 2.16. The Hall–Kier alpha value is -2.74. The zero-order valence-electron chi connectivity index (χ0n) is 13.2. The molecule has 0 amide bonds. The molecule has 2 heteroatoms. The Morgan fingerprint density at radius 3 is 2.52 bits per heavy atom. The summed E-state index contributed by atoms with van der Waals surface area (Å²) in [6, 6.07) is 20.1. The summed E-state index contributed by atoms with van der Waals surface area (Å²) in [5.41, 5.74) is 2.92. The quantitative estimate of drug-likeness (QED) is 0.673. The zero-order valence-corrected chi connectivity index (χ0v) is 13.2. The summed E-state index contributed by atoms with van der Waals surface area (Å²) in [4.78, 5) is 0. The lowest BCUT2D eigenvalue weighted by Gasteiger charge is -2.31. The van der Waals surface area contributed by atoms with Crippen molar-refractivity contribution < 1.29 is 9.84 Å². The molecule has 0 atom stereocenters. The zero-order chi connectivity index (χ0) is 16.0. The van der Waals surface area contributed by atoms with Crippen molar-refractivity contribution in [3.63, 3.8) is 0 Å². The number of benzene rings is 3. The number of hydrogen-bond acceptors (Lipinski definition) is 2. The van der Waals surface area contributed by atoms with Crippen LogP contribution in [-0.4, -0.2) is 10.7 Å². The van der Waals surface area contributed by atoms with E-state index in [0.29, 0.717) is 0 Å². The van der Waals surface area contributed by atoms with Gasteiger partial charge in [0.15, 0.2) is 0 Å². The molecule has 114 valence electrons. The van der Waals surface area contributed by atoms with Crippen molar-refractivity contribution in [2.75, 3.05) is 0 Å². The van der Waals surface area contributed by atoms with E-state index in [2.05, 4.69) is 48.5 Å². The van der Waals surface area contributed by atoms with Gasteiger partial charge in [-0.05, 0) is 54.0 Å². The van der Waals surface area contributed by atoms with E-state index in [1.807, 2.05) is 19.9 Å². The largest absolute Gasteiger partial charge is 0.508 e. The highest BCUT2D eigenvalue weighted by Gasteiger charge is 2.28. The van der Waals surface area contributed by atoms with Gasteiger partial charge in [-0.2, -0.15) is 0 Å². The number of aromatic hydroxyl groups is 1. The van der Waals surface area contributed by atoms with E-state index in [4.69, 9.17) is 4.74 Å². The number of phenolic OH excluding ortho intramolecular Hbond substituents is 1. The standard InChI is InChI=1S/C21H18O2/c1-21(2)13-19(18-11-10-15(22)12-20(18)23-21)17-9-5-7-14-6-3-4-8-16(14)17/h3-13,22H,1-2H3. The van der Waals surface area contributed by atoms with Gasteiger partial charge >= 0.3 is 0 Å². The maximum absolute atomic E-state index is 9.79. The van der Waals surface area contributed by atoms with E-state index in [0.717, 1.165) is 16.9 Å². The lowest BCUT2D eigenvalue weighted by Crippen LogP contribution is -2.29. The first-order valence-corrected chi connectivity index (χ1v) is 7.77. The predicted molar refractivity (Wildman–Crippen MR) is 93.8 cm³/mol. The highest BCUT2D eigenvalue weighted by atomic mass is 16.5. The maximum Gasteiger partial charge on any atom is 0.132 e. The summed E-state index contributed by atoms with van der Waals surface area (Å²) in [5, 5.41) is 12.2. The third kappa shape index (κ3) is 2.36. The summed E-state index contributed by atoms with van der Waals surface area (Å²) in [5.74, 6) is 0.944. The van der Waals surface area contributed by atoms with Crippen molar-refractivity contribution in [2.45, 2.75) is 19.4 Å². The van der Waals surface area contributed by atoms with Crippen LogP contribution in [0, 0.1) is 0 Å². The van der Waals surface area contributed by atoms with Crippen molar-refractivity contribution in [2.24, 2.45) is 0 Å². The molecule has 4 rings (SSSR count). The Labute approximate surface area is 135 Å². The number of rotatable bonds is 1. The molecular formula is C21H18O2. The first-order chi connectivity index (χ1) is 11.0. The molecule has 0 aliphatic carbocycles. The minimum absolute atomic E-state index is 0.221. The number of fused-ring (bicyclic) bond motifs is 2. The summed E-state index contributed by atoms with van der Waals surface area (Å²) < 4.78 is 6.03. The average molecular weight is 302 g/mol. The van der Waals surface area contributed by atoms with Crippen LogP contribution in [0.25, 0.3) is 16.3 Å². The topological polar surface area (TPSA) is 29.5 Å². The van der Waals surface area contributed by atoms with E-state index in [-0.39, 0.29) is 5.75 Å². The third-order valence-corrected chi connectivity index (χ3v) is 4.20. The van der Waals surface area contributed by atoms with Gasteiger partial charge in [-0.3, -0.25) is 0 Å². The first kappa shape index (κ1) is 13.9.